The van der Waals surface area contributed by atoms with E-state index >= 15 is 0 Å². The molecule has 118 valence electrons. The van der Waals surface area contributed by atoms with E-state index in [1.54, 1.807) is 12.1 Å². The van der Waals surface area contributed by atoms with Crippen molar-refractivity contribution in [2.45, 2.75) is 50.5 Å². The van der Waals surface area contributed by atoms with Crippen molar-refractivity contribution in [1.29, 1.82) is 0 Å². The van der Waals surface area contributed by atoms with Gasteiger partial charge in [-0.15, -0.1) is 0 Å². The molecule has 21 heavy (non-hydrogen) atoms. The second-order valence-electron chi connectivity index (χ2n) is 6.35. The molecular weight excluding hydrogens is 286 g/mol. The fourth-order valence-corrected chi connectivity index (χ4v) is 3.93. The summed E-state index contributed by atoms with van der Waals surface area (Å²) in [5.41, 5.74) is 1.15. The van der Waals surface area contributed by atoms with Crippen LogP contribution in [0.2, 0.25) is 0 Å². The van der Waals surface area contributed by atoms with Gasteiger partial charge in [-0.25, -0.2) is 13.1 Å². The van der Waals surface area contributed by atoms with E-state index in [1.807, 2.05) is 12.1 Å². The van der Waals surface area contributed by atoms with E-state index in [4.69, 9.17) is 0 Å². The highest BCUT2D eigenvalue weighted by Gasteiger charge is 2.26. The van der Waals surface area contributed by atoms with Crippen molar-refractivity contribution in [1.82, 2.24) is 4.72 Å². The lowest BCUT2D eigenvalue weighted by Gasteiger charge is -2.15. The summed E-state index contributed by atoms with van der Waals surface area (Å²) < 4.78 is 27.1. The fraction of sp³-hybridized carbons (Fsp3) is 0.625. The molecule has 0 spiro atoms. The molecule has 0 saturated heterocycles. The predicted molar refractivity (Wildman–Crippen MR) is 83.5 cm³/mol. The lowest BCUT2D eigenvalue weighted by atomic mass is 10.0. The fourth-order valence-electron chi connectivity index (χ4n) is 2.83. The van der Waals surface area contributed by atoms with Crippen LogP contribution in [-0.2, 0) is 16.4 Å². The Hall–Kier alpha value is -0.910. The number of nitrogens with one attached hydrogen (secondary N) is 1. The zero-order valence-corrected chi connectivity index (χ0v) is 13.6. The van der Waals surface area contributed by atoms with Gasteiger partial charge in [0.1, 0.15) is 0 Å². The predicted octanol–water partition coefficient (Wildman–Crippen LogP) is 2.32. The van der Waals surface area contributed by atoms with Crippen LogP contribution in [0.4, 0.5) is 0 Å². The molecule has 1 aliphatic rings. The first-order chi connectivity index (χ1) is 9.88. The number of aliphatic hydroxyl groups is 1. The Bertz CT molecular complexity index is 551. The largest absolute Gasteiger partial charge is 0.393 e. The molecule has 2 unspecified atom stereocenters. The SMILES string of the molecule is CC(C)Cc1ccc(S(=O)(=O)NCC2CCCC2O)cc1. The molecule has 0 aromatic heterocycles. The van der Waals surface area contributed by atoms with E-state index < -0.39 is 10.0 Å². The summed E-state index contributed by atoms with van der Waals surface area (Å²) in [7, 11) is -3.48. The molecule has 2 atom stereocenters. The van der Waals surface area contributed by atoms with Gasteiger partial charge in [-0.1, -0.05) is 32.4 Å². The zero-order chi connectivity index (χ0) is 15.5. The van der Waals surface area contributed by atoms with Crippen LogP contribution >= 0.6 is 0 Å². The van der Waals surface area contributed by atoms with Gasteiger partial charge in [0, 0.05) is 6.54 Å². The van der Waals surface area contributed by atoms with Crippen molar-refractivity contribution in [2.75, 3.05) is 6.54 Å². The van der Waals surface area contributed by atoms with Crippen LogP contribution in [0.3, 0.4) is 0 Å². The van der Waals surface area contributed by atoms with Gasteiger partial charge < -0.3 is 5.11 Å². The van der Waals surface area contributed by atoms with E-state index in [9.17, 15) is 13.5 Å². The molecule has 1 aromatic rings. The van der Waals surface area contributed by atoms with Crippen LogP contribution in [0.5, 0.6) is 0 Å². The van der Waals surface area contributed by atoms with Gasteiger partial charge in [0.25, 0.3) is 0 Å². The lowest BCUT2D eigenvalue weighted by Crippen LogP contribution is -2.32. The van der Waals surface area contributed by atoms with Crippen molar-refractivity contribution < 1.29 is 13.5 Å². The van der Waals surface area contributed by atoms with Gasteiger partial charge in [-0.2, -0.15) is 0 Å². The Morgan fingerprint density at radius 1 is 1.24 bits per heavy atom. The average molecular weight is 311 g/mol. The minimum Gasteiger partial charge on any atom is -0.393 e. The van der Waals surface area contributed by atoms with Crippen molar-refractivity contribution in [3.05, 3.63) is 29.8 Å². The normalized spacial score (nSPS) is 22.9. The van der Waals surface area contributed by atoms with Crippen molar-refractivity contribution in [3.63, 3.8) is 0 Å². The first kappa shape index (κ1) is 16.5. The van der Waals surface area contributed by atoms with E-state index in [0.29, 0.717) is 17.4 Å². The zero-order valence-electron chi connectivity index (χ0n) is 12.7. The Morgan fingerprint density at radius 3 is 2.43 bits per heavy atom. The Labute approximate surface area is 127 Å². The molecule has 1 fully saturated rings. The monoisotopic (exact) mass is 311 g/mol. The number of hydrogen-bond donors (Lipinski definition) is 2. The summed E-state index contributed by atoms with van der Waals surface area (Å²) in [5, 5.41) is 9.74. The highest BCUT2D eigenvalue weighted by atomic mass is 32.2. The molecule has 4 nitrogen and oxygen atoms in total. The van der Waals surface area contributed by atoms with Gasteiger partial charge in [-0.05, 0) is 48.8 Å². The third kappa shape index (κ3) is 4.53. The van der Waals surface area contributed by atoms with E-state index in [0.717, 1.165) is 31.2 Å². The van der Waals surface area contributed by atoms with Crippen LogP contribution < -0.4 is 4.72 Å². The molecule has 5 heteroatoms. The van der Waals surface area contributed by atoms with E-state index in [2.05, 4.69) is 18.6 Å². The molecule has 2 N–H and O–H groups in total. The van der Waals surface area contributed by atoms with Gasteiger partial charge in [0.05, 0.1) is 11.0 Å². The maximum absolute atomic E-state index is 12.2. The summed E-state index contributed by atoms with van der Waals surface area (Å²) in [6, 6.07) is 7.06. The first-order valence-corrected chi connectivity index (χ1v) is 9.13. The highest BCUT2D eigenvalue weighted by molar-refractivity contribution is 7.89. The molecule has 1 saturated carbocycles. The average Bonchev–Trinajstić information content (AvgIpc) is 2.82. The summed E-state index contributed by atoms with van der Waals surface area (Å²) >= 11 is 0. The van der Waals surface area contributed by atoms with E-state index in [1.165, 1.54) is 0 Å². The van der Waals surface area contributed by atoms with Gasteiger partial charge in [-0.3, -0.25) is 0 Å². The lowest BCUT2D eigenvalue weighted by molar-refractivity contribution is 0.134. The van der Waals surface area contributed by atoms with Gasteiger partial charge in [0.2, 0.25) is 10.0 Å². The molecular formula is C16H25NO3S. The molecule has 0 aliphatic heterocycles. The second kappa shape index (κ2) is 6.90. The third-order valence-corrected chi connectivity index (χ3v) is 5.47. The standard InChI is InChI=1S/C16H25NO3S/c1-12(2)10-13-6-8-15(9-7-13)21(19,20)17-11-14-4-3-5-16(14)18/h6-9,12,14,16-18H,3-5,10-11H2,1-2H3. The van der Waals surface area contributed by atoms with Crippen LogP contribution in [0.1, 0.15) is 38.7 Å². The van der Waals surface area contributed by atoms with Crippen molar-refractivity contribution in [3.8, 4) is 0 Å². The minimum absolute atomic E-state index is 0.0417. The molecule has 2 rings (SSSR count). The first-order valence-electron chi connectivity index (χ1n) is 7.65. The Balaban J connectivity index is 1.98. The smallest absolute Gasteiger partial charge is 0.240 e. The number of benzene rings is 1. The van der Waals surface area contributed by atoms with Crippen molar-refractivity contribution in [2.24, 2.45) is 11.8 Å². The molecule has 0 amide bonds. The van der Waals surface area contributed by atoms with Gasteiger partial charge in [0.15, 0.2) is 0 Å². The van der Waals surface area contributed by atoms with E-state index in [-0.39, 0.29) is 12.0 Å². The minimum atomic E-state index is -3.48. The van der Waals surface area contributed by atoms with Gasteiger partial charge >= 0.3 is 0 Å². The van der Waals surface area contributed by atoms with Crippen LogP contribution in [-0.4, -0.2) is 26.2 Å². The number of sulfonamides is 1. The van der Waals surface area contributed by atoms with Crippen LogP contribution in [0, 0.1) is 11.8 Å². The molecule has 1 aliphatic carbocycles. The summed E-state index contributed by atoms with van der Waals surface area (Å²) in [4.78, 5) is 0.294. The second-order valence-corrected chi connectivity index (χ2v) is 8.12. The summed E-state index contributed by atoms with van der Waals surface area (Å²) in [6.45, 7) is 4.59. The Morgan fingerprint density at radius 2 is 1.90 bits per heavy atom. The summed E-state index contributed by atoms with van der Waals surface area (Å²) in [5.74, 6) is 0.592. The highest BCUT2D eigenvalue weighted by Crippen LogP contribution is 2.25. The summed E-state index contributed by atoms with van der Waals surface area (Å²) in [6.07, 6.45) is 3.20. The topological polar surface area (TPSA) is 66.4 Å². The number of rotatable bonds is 6. The molecule has 0 bridgehead atoms. The number of aliphatic hydroxyl groups excluding tert-OH is 1. The molecule has 0 heterocycles. The molecule has 0 radical (unpaired) electrons. The maximum Gasteiger partial charge on any atom is 0.240 e. The molecule has 1 aromatic carbocycles. The van der Waals surface area contributed by atoms with Crippen LogP contribution in [0.15, 0.2) is 29.2 Å². The van der Waals surface area contributed by atoms with Crippen molar-refractivity contribution >= 4 is 10.0 Å². The van der Waals surface area contributed by atoms with Crippen LogP contribution in [0.25, 0.3) is 0 Å². The number of hydrogen-bond acceptors (Lipinski definition) is 3. The third-order valence-electron chi connectivity index (χ3n) is 4.03. The quantitative estimate of drug-likeness (QED) is 0.847. The maximum atomic E-state index is 12.2. The Kier molecular flexibility index (Phi) is 5.41.